The lowest BCUT2D eigenvalue weighted by Crippen LogP contribution is -2.33. The van der Waals surface area contributed by atoms with E-state index in [1.165, 1.54) is 0 Å². The van der Waals surface area contributed by atoms with Crippen molar-refractivity contribution >= 4 is 10.0 Å². The highest BCUT2D eigenvalue weighted by Crippen LogP contribution is 2.19. The Kier molecular flexibility index (Phi) is 8.80. The first-order chi connectivity index (χ1) is 13.4. The summed E-state index contributed by atoms with van der Waals surface area (Å²) in [5, 5.41) is -0.423. The van der Waals surface area contributed by atoms with Gasteiger partial charge in [-0.1, -0.05) is 37.3 Å². The van der Waals surface area contributed by atoms with Gasteiger partial charge in [0.15, 0.2) is 0 Å². The molecule has 0 spiro atoms. The number of ether oxygens (including phenoxy) is 2. The lowest BCUT2D eigenvalue weighted by molar-refractivity contribution is 0.266. The van der Waals surface area contributed by atoms with Gasteiger partial charge in [0, 0.05) is 6.54 Å². The van der Waals surface area contributed by atoms with Gasteiger partial charge in [0.25, 0.3) is 0 Å². The number of hydrogen-bond donors (Lipinski definition) is 1. The van der Waals surface area contributed by atoms with Crippen molar-refractivity contribution in [1.82, 2.24) is 4.72 Å². The van der Waals surface area contributed by atoms with Crippen LogP contribution in [0.1, 0.15) is 45.1 Å². The van der Waals surface area contributed by atoms with Crippen molar-refractivity contribution in [2.24, 2.45) is 0 Å². The van der Waals surface area contributed by atoms with E-state index in [1.54, 1.807) is 13.8 Å². The van der Waals surface area contributed by atoms with Crippen LogP contribution >= 0.6 is 0 Å². The minimum Gasteiger partial charge on any atom is -0.494 e. The predicted molar refractivity (Wildman–Crippen MR) is 114 cm³/mol. The van der Waals surface area contributed by atoms with Crippen molar-refractivity contribution in [3.63, 3.8) is 0 Å². The Bertz CT molecular complexity index is 789. The normalized spacial score (nSPS) is 12.7. The molecule has 0 amide bonds. The van der Waals surface area contributed by atoms with Crippen LogP contribution in [0.15, 0.2) is 54.6 Å². The summed E-state index contributed by atoms with van der Waals surface area (Å²) in [6, 6.07) is 17.6. The summed E-state index contributed by atoms with van der Waals surface area (Å²) < 4.78 is 37.8. The summed E-state index contributed by atoms with van der Waals surface area (Å²) in [5.74, 6) is 1.81. The van der Waals surface area contributed by atoms with Gasteiger partial charge in [-0.05, 0) is 62.4 Å². The number of unbranched alkanes of at least 4 members (excludes halogenated alkanes) is 1. The number of para-hydroxylation sites is 1. The van der Waals surface area contributed by atoms with Crippen LogP contribution in [-0.4, -0.2) is 33.4 Å². The highest BCUT2D eigenvalue weighted by atomic mass is 32.2. The fraction of sp³-hybridized carbons (Fsp3) is 0.455. The van der Waals surface area contributed by atoms with Crippen LogP contribution in [0.4, 0.5) is 0 Å². The third kappa shape index (κ3) is 7.52. The van der Waals surface area contributed by atoms with Gasteiger partial charge in [-0.2, -0.15) is 0 Å². The lowest BCUT2D eigenvalue weighted by Gasteiger charge is -2.15. The van der Waals surface area contributed by atoms with E-state index in [0.29, 0.717) is 19.8 Å². The molecule has 2 aromatic rings. The van der Waals surface area contributed by atoms with E-state index in [0.717, 1.165) is 29.9 Å². The van der Waals surface area contributed by atoms with Crippen molar-refractivity contribution in [3.8, 4) is 11.5 Å². The average Bonchev–Trinajstić information content (AvgIpc) is 2.70. The highest BCUT2D eigenvalue weighted by molar-refractivity contribution is 7.90. The van der Waals surface area contributed by atoms with Crippen LogP contribution in [0.2, 0.25) is 0 Å². The van der Waals surface area contributed by atoms with E-state index < -0.39 is 15.3 Å². The van der Waals surface area contributed by atoms with Crippen LogP contribution in [0.3, 0.4) is 0 Å². The van der Waals surface area contributed by atoms with Crippen molar-refractivity contribution in [1.29, 1.82) is 0 Å². The predicted octanol–water partition coefficient (Wildman–Crippen LogP) is 4.36. The molecular formula is C22H31NO4S. The average molecular weight is 406 g/mol. The Morgan fingerprint density at radius 3 is 1.89 bits per heavy atom. The molecule has 0 aliphatic heterocycles. The number of hydrogen-bond acceptors (Lipinski definition) is 4. The van der Waals surface area contributed by atoms with E-state index in [2.05, 4.69) is 4.72 Å². The van der Waals surface area contributed by atoms with Crippen molar-refractivity contribution < 1.29 is 17.9 Å². The molecule has 0 fully saturated rings. The molecule has 1 unspecified atom stereocenters. The Labute approximate surface area is 169 Å². The molecule has 5 nitrogen and oxygen atoms in total. The number of nitrogens with one attached hydrogen (secondary N) is 1. The van der Waals surface area contributed by atoms with Gasteiger partial charge in [0.2, 0.25) is 10.0 Å². The van der Waals surface area contributed by atoms with Crippen molar-refractivity contribution in [2.45, 2.75) is 44.8 Å². The zero-order valence-electron chi connectivity index (χ0n) is 16.9. The molecule has 1 N–H and O–H groups in total. The minimum atomic E-state index is -3.23. The first kappa shape index (κ1) is 22.2. The Morgan fingerprint density at radius 2 is 1.36 bits per heavy atom. The maximum absolute atomic E-state index is 11.9. The maximum atomic E-state index is 11.9. The molecule has 0 bridgehead atoms. The van der Waals surface area contributed by atoms with E-state index in [-0.39, 0.29) is 5.92 Å². The smallest absolute Gasteiger partial charge is 0.213 e. The summed E-state index contributed by atoms with van der Waals surface area (Å²) >= 11 is 0. The zero-order chi connectivity index (χ0) is 20.4. The fourth-order valence-electron chi connectivity index (χ4n) is 2.52. The zero-order valence-corrected chi connectivity index (χ0v) is 17.7. The Balaban J connectivity index is 1.66. The molecule has 154 valence electrons. The van der Waals surface area contributed by atoms with E-state index in [4.69, 9.17) is 9.47 Å². The molecule has 0 saturated heterocycles. The van der Waals surface area contributed by atoms with Crippen LogP contribution in [0, 0.1) is 0 Å². The quantitative estimate of drug-likeness (QED) is 0.533. The molecule has 2 rings (SSSR count). The van der Waals surface area contributed by atoms with Gasteiger partial charge < -0.3 is 9.47 Å². The maximum Gasteiger partial charge on any atom is 0.213 e. The second-order valence-electron chi connectivity index (χ2n) is 7.13. The first-order valence-corrected chi connectivity index (χ1v) is 11.3. The van der Waals surface area contributed by atoms with Gasteiger partial charge in [-0.3, -0.25) is 0 Å². The van der Waals surface area contributed by atoms with Gasteiger partial charge in [-0.15, -0.1) is 0 Å². The monoisotopic (exact) mass is 405 g/mol. The third-order valence-electron chi connectivity index (χ3n) is 4.48. The van der Waals surface area contributed by atoms with E-state index in [1.807, 2.05) is 61.5 Å². The second-order valence-corrected chi connectivity index (χ2v) is 9.45. The summed E-state index contributed by atoms with van der Waals surface area (Å²) in [7, 11) is -3.23. The van der Waals surface area contributed by atoms with Crippen LogP contribution in [0.5, 0.6) is 11.5 Å². The highest BCUT2D eigenvalue weighted by Gasteiger charge is 2.17. The summed E-state index contributed by atoms with van der Waals surface area (Å²) in [6.45, 7) is 7.06. The van der Waals surface area contributed by atoms with Gasteiger partial charge in [0.05, 0.1) is 18.5 Å². The van der Waals surface area contributed by atoms with Crippen LogP contribution in [0.25, 0.3) is 0 Å². The molecule has 2 aromatic carbocycles. The van der Waals surface area contributed by atoms with E-state index >= 15 is 0 Å². The topological polar surface area (TPSA) is 64.6 Å². The Hall–Kier alpha value is -2.05. The van der Waals surface area contributed by atoms with Crippen molar-refractivity contribution in [3.05, 3.63) is 60.2 Å². The van der Waals surface area contributed by atoms with E-state index in [9.17, 15) is 8.42 Å². The number of rotatable bonds is 12. The Morgan fingerprint density at radius 1 is 0.821 bits per heavy atom. The largest absolute Gasteiger partial charge is 0.494 e. The molecule has 0 aliphatic rings. The first-order valence-electron chi connectivity index (χ1n) is 9.77. The third-order valence-corrected chi connectivity index (χ3v) is 6.29. The summed E-state index contributed by atoms with van der Waals surface area (Å²) in [6.07, 6.45) is 1.85. The molecule has 1 atom stereocenters. The molecule has 28 heavy (non-hydrogen) atoms. The fourth-order valence-corrected chi connectivity index (χ4v) is 3.33. The number of sulfonamides is 1. The van der Waals surface area contributed by atoms with Gasteiger partial charge >= 0.3 is 0 Å². The van der Waals surface area contributed by atoms with Crippen molar-refractivity contribution in [2.75, 3.05) is 19.8 Å². The molecule has 0 aromatic heterocycles. The molecule has 6 heteroatoms. The molecule has 0 saturated carbocycles. The lowest BCUT2D eigenvalue weighted by atomic mass is 10.0. The summed E-state index contributed by atoms with van der Waals surface area (Å²) in [5.41, 5.74) is 1.08. The standard InChI is InChI=1S/C22H31NO4S/c1-18(2)28(24,25)23-17-19(3)20-11-13-22(14-12-20)27-16-8-7-15-26-21-9-5-4-6-10-21/h4-6,9-14,18-19,23H,7-8,15-17H2,1-3H3. The number of benzene rings is 2. The molecule has 0 radical (unpaired) electrons. The SMILES string of the molecule is CC(CNS(=O)(=O)C(C)C)c1ccc(OCCCCOc2ccccc2)cc1. The molecular weight excluding hydrogens is 374 g/mol. The van der Waals surface area contributed by atoms with Gasteiger partial charge in [-0.25, -0.2) is 13.1 Å². The molecule has 0 heterocycles. The minimum absolute atomic E-state index is 0.0951. The summed E-state index contributed by atoms with van der Waals surface area (Å²) in [4.78, 5) is 0. The van der Waals surface area contributed by atoms with Crippen LogP contribution < -0.4 is 14.2 Å². The molecule has 0 aliphatic carbocycles. The van der Waals surface area contributed by atoms with Gasteiger partial charge in [0.1, 0.15) is 11.5 Å². The van der Waals surface area contributed by atoms with Crippen LogP contribution in [-0.2, 0) is 10.0 Å². The second kappa shape index (κ2) is 11.1.